The van der Waals surface area contributed by atoms with E-state index in [0.29, 0.717) is 13.0 Å². The largest absolute Gasteiger partial charge is 0.338 e. The number of aromatic nitrogens is 2. The first-order valence-electron chi connectivity index (χ1n) is 7.29. The second-order valence-corrected chi connectivity index (χ2v) is 5.77. The maximum atomic E-state index is 12.0. The minimum Gasteiger partial charge on any atom is -0.338 e. The summed E-state index contributed by atoms with van der Waals surface area (Å²) in [7, 11) is 0. The zero-order valence-electron chi connectivity index (χ0n) is 12.1. The summed E-state index contributed by atoms with van der Waals surface area (Å²) < 4.78 is 0. The Balaban J connectivity index is 1.49. The van der Waals surface area contributed by atoms with Crippen LogP contribution in [0.3, 0.4) is 0 Å². The average Bonchev–Trinajstić information content (AvgIpc) is 2.90. The van der Waals surface area contributed by atoms with Crippen molar-refractivity contribution in [1.82, 2.24) is 20.6 Å². The Hall–Kier alpha value is -2.14. The molecule has 0 aliphatic heterocycles. The molecule has 5 nitrogen and oxygen atoms in total. The van der Waals surface area contributed by atoms with Crippen LogP contribution >= 0.6 is 11.6 Å². The molecule has 1 aliphatic rings. The molecule has 114 valence electrons. The number of carbonyl (C=O) groups is 1. The standard InChI is InChI=1S/C16H17ClN4O/c17-13-2-3-14-12(7-13)1-4-15(14)21-16(22)20-6-5-11-8-18-10-19-9-11/h2-3,7-10,15H,1,4-6H2,(H2,20,21,22)/t15-/m1/s1. The third-order valence-electron chi connectivity index (χ3n) is 3.80. The van der Waals surface area contributed by atoms with Crippen LogP contribution in [0.5, 0.6) is 0 Å². The molecule has 3 rings (SSSR count). The smallest absolute Gasteiger partial charge is 0.315 e. The van der Waals surface area contributed by atoms with Crippen LogP contribution in [-0.2, 0) is 12.8 Å². The molecular formula is C16H17ClN4O. The molecule has 2 amide bonds. The van der Waals surface area contributed by atoms with E-state index in [1.54, 1.807) is 12.4 Å². The number of hydrogen-bond acceptors (Lipinski definition) is 3. The molecule has 0 unspecified atom stereocenters. The van der Waals surface area contributed by atoms with Gasteiger partial charge in [0.2, 0.25) is 0 Å². The monoisotopic (exact) mass is 316 g/mol. The highest BCUT2D eigenvalue weighted by molar-refractivity contribution is 6.30. The molecule has 1 heterocycles. The summed E-state index contributed by atoms with van der Waals surface area (Å²) in [4.78, 5) is 19.9. The topological polar surface area (TPSA) is 66.9 Å². The number of rotatable bonds is 4. The van der Waals surface area contributed by atoms with E-state index < -0.39 is 0 Å². The number of urea groups is 1. The Morgan fingerprint density at radius 1 is 1.32 bits per heavy atom. The zero-order valence-corrected chi connectivity index (χ0v) is 12.8. The van der Waals surface area contributed by atoms with E-state index in [2.05, 4.69) is 20.6 Å². The van der Waals surface area contributed by atoms with Crippen LogP contribution in [-0.4, -0.2) is 22.5 Å². The summed E-state index contributed by atoms with van der Waals surface area (Å²) in [5.74, 6) is 0. The number of aryl methyl sites for hydroxylation is 1. The Morgan fingerprint density at radius 2 is 2.14 bits per heavy atom. The Labute approximate surface area is 134 Å². The predicted octanol–water partition coefficient (Wildman–Crippen LogP) is 2.66. The van der Waals surface area contributed by atoms with E-state index in [4.69, 9.17) is 11.6 Å². The highest BCUT2D eigenvalue weighted by atomic mass is 35.5. The molecule has 1 aromatic heterocycles. The van der Waals surface area contributed by atoms with Crippen LogP contribution in [0.15, 0.2) is 36.9 Å². The molecule has 1 aliphatic carbocycles. The number of fused-ring (bicyclic) bond motifs is 1. The van der Waals surface area contributed by atoms with Gasteiger partial charge in [0.15, 0.2) is 0 Å². The summed E-state index contributed by atoms with van der Waals surface area (Å²) in [6, 6.07) is 5.76. The van der Waals surface area contributed by atoms with Gasteiger partial charge in [0.1, 0.15) is 6.33 Å². The van der Waals surface area contributed by atoms with Gasteiger partial charge in [0.25, 0.3) is 0 Å². The molecule has 0 radical (unpaired) electrons. The minimum absolute atomic E-state index is 0.0623. The Kier molecular flexibility index (Phi) is 4.53. The van der Waals surface area contributed by atoms with Crippen molar-refractivity contribution in [3.05, 3.63) is 58.6 Å². The van der Waals surface area contributed by atoms with Crippen molar-refractivity contribution in [2.75, 3.05) is 6.54 Å². The van der Waals surface area contributed by atoms with Crippen molar-refractivity contribution >= 4 is 17.6 Å². The number of nitrogens with zero attached hydrogens (tertiary/aromatic N) is 2. The van der Waals surface area contributed by atoms with Crippen LogP contribution < -0.4 is 10.6 Å². The van der Waals surface area contributed by atoms with Gasteiger partial charge >= 0.3 is 6.03 Å². The molecule has 0 fully saturated rings. The molecule has 0 saturated heterocycles. The van der Waals surface area contributed by atoms with Gasteiger partial charge in [-0.25, -0.2) is 14.8 Å². The first-order valence-corrected chi connectivity index (χ1v) is 7.67. The SMILES string of the molecule is O=C(NCCc1cncnc1)N[C@@H]1CCc2cc(Cl)ccc21. The van der Waals surface area contributed by atoms with Crippen molar-refractivity contribution in [3.8, 4) is 0 Å². The third kappa shape index (κ3) is 3.54. The molecule has 0 bridgehead atoms. The molecule has 0 saturated carbocycles. The van der Waals surface area contributed by atoms with E-state index in [9.17, 15) is 4.79 Å². The Morgan fingerprint density at radius 3 is 2.95 bits per heavy atom. The fourth-order valence-electron chi connectivity index (χ4n) is 2.72. The molecule has 1 aromatic carbocycles. The summed E-state index contributed by atoms with van der Waals surface area (Å²) in [6.45, 7) is 0.555. The lowest BCUT2D eigenvalue weighted by Gasteiger charge is -2.15. The van der Waals surface area contributed by atoms with Crippen LogP contribution in [0.1, 0.15) is 29.2 Å². The van der Waals surface area contributed by atoms with Crippen LogP contribution in [0.25, 0.3) is 0 Å². The molecule has 6 heteroatoms. The predicted molar refractivity (Wildman–Crippen MR) is 84.8 cm³/mol. The minimum atomic E-state index is -0.148. The molecule has 1 atom stereocenters. The third-order valence-corrected chi connectivity index (χ3v) is 4.04. The summed E-state index contributed by atoms with van der Waals surface area (Å²) in [6.07, 6.45) is 7.57. The Bertz CT molecular complexity index is 662. The fourth-order valence-corrected chi connectivity index (χ4v) is 2.92. The number of benzene rings is 1. The summed E-state index contributed by atoms with van der Waals surface area (Å²) in [5, 5.41) is 6.63. The van der Waals surface area contributed by atoms with Gasteiger partial charge in [-0.2, -0.15) is 0 Å². The molecule has 2 aromatic rings. The number of halogens is 1. The van der Waals surface area contributed by atoms with Gasteiger partial charge in [-0.3, -0.25) is 0 Å². The maximum absolute atomic E-state index is 12.0. The average molecular weight is 317 g/mol. The number of amides is 2. The first-order chi connectivity index (χ1) is 10.7. The van der Waals surface area contributed by atoms with E-state index in [0.717, 1.165) is 29.0 Å². The number of carbonyl (C=O) groups excluding carboxylic acids is 1. The van der Waals surface area contributed by atoms with Crippen molar-refractivity contribution in [2.24, 2.45) is 0 Å². The van der Waals surface area contributed by atoms with Crippen molar-refractivity contribution in [3.63, 3.8) is 0 Å². The van der Waals surface area contributed by atoms with Gasteiger partial charge in [-0.1, -0.05) is 17.7 Å². The summed E-state index contributed by atoms with van der Waals surface area (Å²) in [5.41, 5.74) is 3.39. The van der Waals surface area contributed by atoms with Crippen molar-refractivity contribution in [1.29, 1.82) is 0 Å². The zero-order chi connectivity index (χ0) is 15.4. The highest BCUT2D eigenvalue weighted by Crippen LogP contribution is 2.32. The number of hydrogen-bond donors (Lipinski definition) is 2. The second kappa shape index (κ2) is 6.75. The van der Waals surface area contributed by atoms with Crippen LogP contribution in [0.4, 0.5) is 4.79 Å². The van der Waals surface area contributed by atoms with Gasteiger partial charge in [0.05, 0.1) is 6.04 Å². The van der Waals surface area contributed by atoms with E-state index in [1.807, 2.05) is 18.2 Å². The lowest BCUT2D eigenvalue weighted by molar-refractivity contribution is 0.237. The summed E-state index contributed by atoms with van der Waals surface area (Å²) >= 11 is 5.99. The van der Waals surface area contributed by atoms with E-state index in [1.165, 1.54) is 11.9 Å². The van der Waals surface area contributed by atoms with Gasteiger partial charge in [0, 0.05) is 24.0 Å². The normalized spacial score (nSPS) is 16.1. The molecule has 0 spiro atoms. The fraction of sp³-hybridized carbons (Fsp3) is 0.312. The van der Waals surface area contributed by atoms with Gasteiger partial charge < -0.3 is 10.6 Å². The van der Waals surface area contributed by atoms with Gasteiger partial charge in [-0.05, 0) is 48.1 Å². The molecule has 22 heavy (non-hydrogen) atoms. The second-order valence-electron chi connectivity index (χ2n) is 5.33. The molecular weight excluding hydrogens is 300 g/mol. The van der Waals surface area contributed by atoms with Crippen molar-refractivity contribution in [2.45, 2.75) is 25.3 Å². The van der Waals surface area contributed by atoms with Crippen LogP contribution in [0, 0.1) is 0 Å². The number of nitrogens with one attached hydrogen (secondary N) is 2. The van der Waals surface area contributed by atoms with Crippen LogP contribution in [0.2, 0.25) is 5.02 Å². The lowest BCUT2D eigenvalue weighted by Crippen LogP contribution is -2.38. The van der Waals surface area contributed by atoms with E-state index >= 15 is 0 Å². The molecule has 2 N–H and O–H groups in total. The van der Waals surface area contributed by atoms with Crippen molar-refractivity contribution < 1.29 is 4.79 Å². The lowest BCUT2D eigenvalue weighted by atomic mass is 10.1. The van der Waals surface area contributed by atoms with E-state index in [-0.39, 0.29) is 12.1 Å². The highest BCUT2D eigenvalue weighted by Gasteiger charge is 2.23. The van der Waals surface area contributed by atoms with Gasteiger partial charge in [-0.15, -0.1) is 0 Å². The quantitative estimate of drug-likeness (QED) is 0.911. The first kappa shape index (κ1) is 14.8. The maximum Gasteiger partial charge on any atom is 0.315 e.